The third-order valence-corrected chi connectivity index (χ3v) is 4.93. The number of benzene rings is 1. The van der Waals surface area contributed by atoms with Crippen molar-refractivity contribution in [1.82, 2.24) is 5.32 Å². The van der Waals surface area contributed by atoms with Crippen molar-refractivity contribution in [3.05, 3.63) is 33.8 Å². The zero-order valence-electron chi connectivity index (χ0n) is 11.8. The van der Waals surface area contributed by atoms with E-state index in [-0.39, 0.29) is 17.2 Å². The molecule has 1 atom stereocenters. The average Bonchev–Trinajstić information content (AvgIpc) is 2.41. The van der Waals surface area contributed by atoms with Crippen LogP contribution in [-0.2, 0) is 11.2 Å². The molecule has 0 bridgehead atoms. The van der Waals surface area contributed by atoms with E-state index in [4.69, 9.17) is 4.74 Å². The molecule has 0 spiro atoms. The SMILES string of the molecule is CNC(Cc1c(F)ccc(Br)c1F)CC1(OC)CCC1. The lowest BCUT2D eigenvalue weighted by Gasteiger charge is -2.42. The zero-order chi connectivity index (χ0) is 14.8. The lowest BCUT2D eigenvalue weighted by atomic mass is 9.75. The van der Waals surface area contributed by atoms with Crippen LogP contribution in [0.3, 0.4) is 0 Å². The maximum Gasteiger partial charge on any atom is 0.143 e. The predicted molar refractivity (Wildman–Crippen MR) is 78.8 cm³/mol. The number of methoxy groups -OCH3 is 1. The minimum Gasteiger partial charge on any atom is -0.378 e. The Morgan fingerprint density at radius 2 is 2.10 bits per heavy atom. The van der Waals surface area contributed by atoms with E-state index in [1.165, 1.54) is 12.1 Å². The van der Waals surface area contributed by atoms with E-state index in [0.717, 1.165) is 25.7 Å². The van der Waals surface area contributed by atoms with Crippen molar-refractivity contribution in [3.63, 3.8) is 0 Å². The molecule has 0 radical (unpaired) electrons. The molecule has 0 aromatic heterocycles. The molecule has 2 rings (SSSR count). The average molecular weight is 348 g/mol. The molecule has 1 N–H and O–H groups in total. The number of nitrogens with one attached hydrogen (secondary N) is 1. The van der Waals surface area contributed by atoms with E-state index in [2.05, 4.69) is 21.2 Å². The number of hydrogen-bond acceptors (Lipinski definition) is 2. The van der Waals surface area contributed by atoms with Gasteiger partial charge in [-0.25, -0.2) is 8.78 Å². The summed E-state index contributed by atoms with van der Waals surface area (Å²) in [5, 5.41) is 3.15. The highest BCUT2D eigenvalue weighted by Crippen LogP contribution is 2.39. The highest BCUT2D eigenvalue weighted by molar-refractivity contribution is 9.10. The lowest BCUT2D eigenvalue weighted by molar-refractivity contribution is -0.0831. The third-order valence-electron chi connectivity index (χ3n) is 4.31. The Labute approximate surface area is 127 Å². The van der Waals surface area contributed by atoms with Crippen molar-refractivity contribution in [2.24, 2.45) is 0 Å². The molecule has 0 heterocycles. The van der Waals surface area contributed by atoms with E-state index in [9.17, 15) is 8.78 Å². The molecule has 1 aliphatic carbocycles. The molecule has 1 aliphatic rings. The van der Waals surface area contributed by atoms with Gasteiger partial charge in [-0.05, 0) is 67.2 Å². The van der Waals surface area contributed by atoms with Gasteiger partial charge in [-0.3, -0.25) is 0 Å². The summed E-state index contributed by atoms with van der Waals surface area (Å²) in [5.74, 6) is -1.00. The summed E-state index contributed by atoms with van der Waals surface area (Å²) in [4.78, 5) is 0. The van der Waals surface area contributed by atoms with Gasteiger partial charge in [-0.15, -0.1) is 0 Å². The molecule has 1 unspecified atom stereocenters. The topological polar surface area (TPSA) is 21.3 Å². The summed E-state index contributed by atoms with van der Waals surface area (Å²) in [6.07, 6.45) is 4.28. The highest BCUT2D eigenvalue weighted by atomic mass is 79.9. The summed E-state index contributed by atoms with van der Waals surface area (Å²) < 4.78 is 33.7. The first-order valence-corrected chi connectivity index (χ1v) is 7.65. The van der Waals surface area contributed by atoms with Gasteiger partial charge in [0.2, 0.25) is 0 Å². The molecule has 112 valence electrons. The molecule has 0 amide bonds. The molecule has 1 aromatic carbocycles. The summed E-state index contributed by atoms with van der Waals surface area (Å²) in [6.45, 7) is 0. The minimum atomic E-state index is -0.509. The van der Waals surface area contributed by atoms with Gasteiger partial charge in [-0.2, -0.15) is 0 Å². The van der Waals surface area contributed by atoms with Crippen molar-refractivity contribution in [3.8, 4) is 0 Å². The first-order valence-electron chi connectivity index (χ1n) is 6.86. The van der Waals surface area contributed by atoms with E-state index in [1.807, 2.05) is 7.05 Å². The van der Waals surface area contributed by atoms with Crippen LogP contribution >= 0.6 is 15.9 Å². The van der Waals surface area contributed by atoms with E-state index < -0.39 is 11.6 Å². The van der Waals surface area contributed by atoms with Gasteiger partial charge < -0.3 is 10.1 Å². The Balaban J connectivity index is 2.12. The van der Waals surface area contributed by atoms with Gasteiger partial charge in [0, 0.05) is 18.7 Å². The summed E-state index contributed by atoms with van der Waals surface area (Å²) in [5.41, 5.74) is 0.0106. The molecular formula is C15H20BrF2NO. The summed E-state index contributed by atoms with van der Waals surface area (Å²) >= 11 is 3.11. The smallest absolute Gasteiger partial charge is 0.143 e. The zero-order valence-corrected chi connectivity index (χ0v) is 13.4. The van der Waals surface area contributed by atoms with Crippen LogP contribution in [0.5, 0.6) is 0 Å². The van der Waals surface area contributed by atoms with Crippen molar-refractivity contribution in [1.29, 1.82) is 0 Å². The van der Waals surface area contributed by atoms with Crippen LogP contribution in [0.4, 0.5) is 8.78 Å². The molecule has 5 heteroatoms. The summed E-state index contributed by atoms with van der Waals surface area (Å²) in [7, 11) is 3.53. The second kappa shape index (κ2) is 6.50. The minimum absolute atomic E-state index is 0.00597. The van der Waals surface area contributed by atoms with Gasteiger partial charge in [0.15, 0.2) is 0 Å². The number of rotatable bonds is 6. The van der Waals surface area contributed by atoms with Crippen LogP contribution in [-0.4, -0.2) is 25.8 Å². The summed E-state index contributed by atoms with van der Waals surface area (Å²) in [6, 6.07) is 2.68. The van der Waals surface area contributed by atoms with E-state index >= 15 is 0 Å². The number of halogens is 3. The lowest BCUT2D eigenvalue weighted by Crippen LogP contribution is -2.46. The second-order valence-electron chi connectivity index (χ2n) is 5.46. The van der Waals surface area contributed by atoms with Crippen molar-refractivity contribution in [2.75, 3.05) is 14.2 Å². The van der Waals surface area contributed by atoms with Crippen molar-refractivity contribution in [2.45, 2.75) is 43.7 Å². The Morgan fingerprint density at radius 3 is 2.60 bits per heavy atom. The van der Waals surface area contributed by atoms with Crippen molar-refractivity contribution >= 4 is 15.9 Å². The highest BCUT2D eigenvalue weighted by Gasteiger charge is 2.39. The van der Waals surface area contributed by atoms with Crippen LogP contribution in [0.2, 0.25) is 0 Å². The Kier molecular flexibility index (Phi) is 5.15. The number of likely N-dealkylation sites (N-methyl/N-ethyl adjacent to an activating group) is 1. The molecular weight excluding hydrogens is 328 g/mol. The molecule has 1 saturated carbocycles. The molecule has 1 fully saturated rings. The van der Waals surface area contributed by atoms with Crippen LogP contribution in [0.25, 0.3) is 0 Å². The van der Waals surface area contributed by atoms with Gasteiger partial charge in [0.1, 0.15) is 11.6 Å². The van der Waals surface area contributed by atoms with E-state index in [1.54, 1.807) is 7.11 Å². The molecule has 0 saturated heterocycles. The fourth-order valence-electron chi connectivity index (χ4n) is 2.79. The predicted octanol–water partition coefficient (Wildman–Crippen LogP) is 3.82. The van der Waals surface area contributed by atoms with Crippen LogP contribution < -0.4 is 5.32 Å². The Bertz CT molecular complexity index is 472. The molecule has 1 aromatic rings. The van der Waals surface area contributed by atoms with Gasteiger partial charge >= 0.3 is 0 Å². The van der Waals surface area contributed by atoms with Crippen LogP contribution in [0, 0.1) is 11.6 Å². The third kappa shape index (κ3) is 3.21. The Morgan fingerprint density at radius 1 is 1.40 bits per heavy atom. The van der Waals surface area contributed by atoms with Gasteiger partial charge in [-0.1, -0.05) is 0 Å². The second-order valence-corrected chi connectivity index (χ2v) is 6.31. The normalized spacial score (nSPS) is 18.6. The van der Waals surface area contributed by atoms with Crippen LogP contribution in [0.1, 0.15) is 31.2 Å². The largest absolute Gasteiger partial charge is 0.378 e. The maximum absolute atomic E-state index is 14.0. The fraction of sp³-hybridized carbons (Fsp3) is 0.600. The number of ether oxygens (including phenoxy) is 1. The quantitative estimate of drug-likeness (QED) is 0.790. The van der Waals surface area contributed by atoms with Crippen molar-refractivity contribution < 1.29 is 13.5 Å². The molecule has 2 nitrogen and oxygen atoms in total. The Hall–Kier alpha value is -0.520. The maximum atomic E-state index is 14.0. The molecule has 0 aliphatic heterocycles. The monoisotopic (exact) mass is 347 g/mol. The first-order chi connectivity index (χ1) is 9.51. The van der Waals surface area contributed by atoms with E-state index in [0.29, 0.717) is 10.9 Å². The standard InChI is InChI=1S/C15H20BrF2NO/c1-19-10(9-15(20-2)6-3-7-15)8-11-13(17)5-4-12(16)14(11)18/h4-5,10,19H,3,6-9H2,1-2H3. The van der Waals surface area contributed by atoms with Gasteiger partial charge in [0.25, 0.3) is 0 Å². The fourth-order valence-corrected chi connectivity index (χ4v) is 3.16. The van der Waals surface area contributed by atoms with Crippen LogP contribution in [0.15, 0.2) is 16.6 Å². The molecule has 20 heavy (non-hydrogen) atoms. The number of hydrogen-bond donors (Lipinski definition) is 1. The van der Waals surface area contributed by atoms with Gasteiger partial charge in [0.05, 0.1) is 10.1 Å². The first kappa shape index (κ1) is 15.9.